The molecule has 1 aromatic carbocycles. The van der Waals surface area contributed by atoms with Gasteiger partial charge in [-0.3, -0.25) is 4.79 Å². The lowest BCUT2D eigenvalue weighted by Crippen LogP contribution is -2.13. The summed E-state index contributed by atoms with van der Waals surface area (Å²) in [5.74, 6) is -0.0683. The van der Waals surface area contributed by atoms with Crippen molar-refractivity contribution in [3.8, 4) is 0 Å². The van der Waals surface area contributed by atoms with Gasteiger partial charge in [-0.2, -0.15) is 0 Å². The van der Waals surface area contributed by atoms with Crippen molar-refractivity contribution in [2.24, 2.45) is 0 Å². The van der Waals surface area contributed by atoms with Crippen LogP contribution in [0, 0.1) is 0 Å². The van der Waals surface area contributed by atoms with Gasteiger partial charge in [-0.05, 0) is 24.1 Å². The average Bonchev–Trinajstić information content (AvgIpc) is 2.59. The SMILES string of the molecule is CN1CCc2cc(C(=O)CCl)cc(Cl)c21. The summed E-state index contributed by atoms with van der Waals surface area (Å²) in [7, 11) is 2.00. The molecule has 0 saturated carbocycles. The van der Waals surface area contributed by atoms with Gasteiger partial charge in [-0.15, -0.1) is 11.6 Å². The molecule has 0 N–H and O–H groups in total. The number of alkyl halides is 1. The Bertz CT molecular complexity index is 417. The second kappa shape index (κ2) is 4.03. The smallest absolute Gasteiger partial charge is 0.177 e. The average molecular weight is 244 g/mol. The van der Waals surface area contributed by atoms with E-state index in [4.69, 9.17) is 23.2 Å². The van der Waals surface area contributed by atoms with E-state index < -0.39 is 0 Å². The molecule has 0 radical (unpaired) electrons. The van der Waals surface area contributed by atoms with Gasteiger partial charge in [0.25, 0.3) is 0 Å². The molecule has 1 aromatic rings. The molecule has 0 aromatic heterocycles. The fraction of sp³-hybridized carbons (Fsp3) is 0.364. The second-order valence-corrected chi connectivity index (χ2v) is 4.37. The molecule has 80 valence electrons. The number of ketones is 1. The fourth-order valence-corrected chi connectivity index (χ4v) is 2.45. The van der Waals surface area contributed by atoms with E-state index in [-0.39, 0.29) is 11.7 Å². The molecule has 15 heavy (non-hydrogen) atoms. The summed E-state index contributed by atoms with van der Waals surface area (Å²) in [5.41, 5.74) is 2.80. The third-order valence-electron chi connectivity index (χ3n) is 2.68. The second-order valence-electron chi connectivity index (χ2n) is 3.69. The van der Waals surface area contributed by atoms with Gasteiger partial charge in [0.15, 0.2) is 5.78 Å². The zero-order valence-electron chi connectivity index (χ0n) is 8.39. The largest absolute Gasteiger partial charge is 0.373 e. The maximum atomic E-state index is 11.4. The first kappa shape index (κ1) is 10.8. The van der Waals surface area contributed by atoms with Crippen molar-refractivity contribution in [1.29, 1.82) is 0 Å². The van der Waals surface area contributed by atoms with Crippen LogP contribution < -0.4 is 4.90 Å². The summed E-state index contributed by atoms with van der Waals surface area (Å²) in [4.78, 5) is 13.5. The lowest BCUT2D eigenvalue weighted by atomic mass is 10.1. The third-order valence-corrected chi connectivity index (χ3v) is 3.21. The lowest BCUT2D eigenvalue weighted by molar-refractivity contribution is 0.102. The van der Waals surface area contributed by atoms with Crippen molar-refractivity contribution in [1.82, 2.24) is 0 Å². The Morgan fingerprint density at radius 2 is 2.27 bits per heavy atom. The molecule has 2 nitrogen and oxygen atoms in total. The minimum atomic E-state index is -0.0732. The van der Waals surface area contributed by atoms with Crippen LogP contribution in [0.15, 0.2) is 12.1 Å². The maximum absolute atomic E-state index is 11.4. The highest BCUT2D eigenvalue weighted by Crippen LogP contribution is 2.35. The van der Waals surface area contributed by atoms with Gasteiger partial charge in [0, 0.05) is 19.2 Å². The minimum absolute atomic E-state index is 0.00492. The molecule has 0 atom stereocenters. The van der Waals surface area contributed by atoms with Crippen LogP contribution in [-0.4, -0.2) is 25.3 Å². The van der Waals surface area contributed by atoms with E-state index in [0.717, 1.165) is 24.2 Å². The third kappa shape index (κ3) is 1.84. The number of hydrogen-bond donors (Lipinski definition) is 0. The first-order valence-electron chi connectivity index (χ1n) is 4.76. The number of likely N-dealkylation sites (N-methyl/N-ethyl adjacent to an activating group) is 1. The molecule has 0 unspecified atom stereocenters. The van der Waals surface area contributed by atoms with Gasteiger partial charge in [0.2, 0.25) is 0 Å². The molecule has 1 heterocycles. The number of carbonyl (C=O) groups excluding carboxylic acids is 1. The van der Waals surface area contributed by atoms with Gasteiger partial charge in [0.05, 0.1) is 16.6 Å². The monoisotopic (exact) mass is 243 g/mol. The zero-order valence-corrected chi connectivity index (χ0v) is 9.90. The van der Waals surface area contributed by atoms with Gasteiger partial charge in [-0.1, -0.05) is 11.6 Å². The predicted octanol–water partition coefficient (Wildman–Crippen LogP) is 2.75. The van der Waals surface area contributed by atoms with Crippen LogP contribution in [-0.2, 0) is 6.42 Å². The van der Waals surface area contributed by atoms with E-state index in [2.05, 4.69) is 4.90 Å². The molecule has 0 bridgehead atoms. The number of benzene rings is 1. The quantitative estimate of drug-likeness (QED) is 0.589. The Morgan fingerprint density at radius 3 is 2.93 bits per heavy atom. The molecule has 0 fully saturated rings. The zero-order chi connectivity index (χ0) is 11.0. The predicted molar refractivity (Wildman–Crippen MR) is 63.5 cm³/mol. The van der Waals surface area contributed by atoms with E-state index in [0.29, 0.717) is 10.6 Å². The number of carbonyl (C=O) groups is 1. The number of nitrogens with zero attached hydrogens (tertiary/aromatic N) is 1. The summed E-state index contributed by atoms with van der Waals surface area (Å²) >= 11 is 11.6. The number of halogens is 2. The fourth-order valence-electron chi connectivity index (χ4n) is 1.91. The van der Waals surface area contributed by atoms with Crippen LogP contribution >= 0.6 is 23.2 Å². The molecule has 4 heteroatoms. The highest BCUT2D eigenvalue weighted by atomic mass is 35.5. The highest BCUT2D eigenvalue weighted by molar-refractivity contribution is 6.35. The van der Waals surface area contributed by atoms with Crippen LogP contribution in [0.1, 0.15) is 15.9 Å². The molecule has 0 spiro atoms. The number of rotatable bonds is 2. The number of hydrogen-bond acceptors (Lipinski definition) is 2. The van der Waals surface area contributed by atoms with Crippen LogP contribution in [0.25, 0.3) is 0 Å². The Kier molecular flexibility index (Phi) is 2.89. The molecular formula is C11H11Cl2NO. The molecule has 2 rings (SSSR count). The number of anilines is 1. The first-order valence-corrected chi connectivity index (χ1v) is 5.67. The van der Waals surface area contributed by atoms with E-state index in [9.17, 15) is 4.79 Å². The van der Waals surface area contributed by atoms with E-state index >= 15 is 0 Å². The minimum Gasteiger partial charge on any atom is -0.373 e. The van der Waals surface area contributed by atoms with E-state index in [1.54, 1.807) is 6.07 Å². The maximum Gasteiger partial charge on any atom is 0.177 e. The van der Waals surface area contributed by atoms with Crippen LogP contribution in [0.4, 0.5) is 5.69 Å². The van der Waals surface area contributed by atoms with Crippen molar-refractivity contribution in [3.05, 3.63) is 28.3 Å². The standard InChI is InChI=1S/C11H11Cl2NO/c1-14-3-2-7-4-8(10(15)6-12)5-9(13)11(7)14/h4-5H,2-3,6H2,1H3. The van der Waals surface area contributed by atoms with E-state index in [1.807, 2.05) is 13.1 Å². The van der Waals surface area contributed by atoms with Crippen molar-refractivity contribution in [2.45, 2.75) is 6.42 Å². The van der Waals surface area contributed by atoms with Crippen molar-refractivity contribution >= 4 is 34.7 Å². The molecule has 0 saturated heterocycles. The first-order chi connectivity index (χ1) is 7.13. The number of Topliss-reactive ketones (excluding diaryl/α,β-unsaturated/α-hetero) is 1. The van der Waals surface area contributed by atoms with Crippen molar-refractivity contribution < 1.29 is 4.79 Å². The van der Waals surface area contributed by atoms with E-state index in [1.165, 1.54) is 0 Å². The normalized spacial score (nSPS) is 14.2. The van der Waals surface area contributed by atoms with Gasteiger partial charge in [0.1, 0.15) is 0 Å². The Morgan fingerprint density at radius 1 is 1.53 bits per heavy atom. The summed E-state index contributed by atoms with van der Waals surface area (Å²) in [5, 5.41) is 0.640. The van der Waals surface area contributed by atoms with Crippen LogP contribution in [0.3, 0.4) is 0 Å². The topological polar surface area (TPSA) is 20.3 Å². The summed E-state index contributed by atoms with van der Waals surface area (Å²) in [6.45, 7) is 0.952. The summed E-state index contributed by atoms with van der Waals surface area (Å²) in [6, 6.07) is 3.60. The van der Waals surface area contributed by atoms with Crippen LogP contribution in [0.2, 0.25) is 5.02 Å². The van der Waals surface area contributed by atoms with Gasteiger partial charge in [-0.25, -0.2) is 0 Å². The van der Waals surface area contributed by atoms with Crippen molar-refractivity contribution in [3.63, 3.8) is 0 Å². The summed E-state index contributed by atoms with van der Waals surface area (Å²) in [6.07, 6.45) is 0.939. The molecule has 0 aliphatic carbocycles. The van der Waals surface area contributed by atoms with Gasteiger partial charge < -0.3 is 4.90 Å². The number of fused-ring (bicyclic) bond motifs is 1. The molecule has 0 amide bonds. The highest BCUT2D eigenvalue weighted by Gasteiger charge is 2.21. The molecule has 1 aliphatic rings. The Labute approximate surface area is 98.8 Å². The summed E-state index contributed by atoms with van der Waals surface area (Å²) < 4.78 is 0. The molecule has 1 aliphatic heterocycles. The Balaban J connectivity index is 2.49. The molecular weight excluding hydrogens is 233 g/mol. The van der Waals surface area contributed by atoms with Gasteiger partial charge >= 0.3 is 0 Å². The lowest BCUT2D eigenvalue weighted by Gasteiger charge is -2.14. The van der Waals surface area contributed by atoms with Crippen molar-refractivity contribution in [2.75, 3.05) is 24.4 Å². The van der Waals surface area contributed by atoms with Crippen LogP contribution in [0.5, 0.6) is 0 Å². The Hall–Kier alpha value is -0.730.